The van der Waals surface area contributed by atoms with Gasteiger partial charge < -0.3 is 15.0 Å². The SMILES string of the molecule is Cc1nsc(-c2ccc(-c3ccc(C4([C-]=O)CC4)cc3)cc2)c1NC(=O)O[C@H](C)C1=C(Cl)CCC1.[Na+].[OH-]. The number of aryl methyl sites for hydroxylation is 1. The van der Waals surface area contributed by atoms with Crippen molar-refractivity contribution < 1.29 is 49.4 Å². The molecular formula is C28H27ClN2NaO4S-. The summed E-state index contributed by atoms with van der Waals surface area (Å²) in [6, 6.07) is 16.3. The molecule has 0 spiro atoms. The van der Waals surface area contributed by atoms with Crippen molar-refractivity contribution in [2.75, 3.05) is 5.32 Å². The molecule has 5 rings (SSSR count). The summed E-state index contributed by atoms with van der Waals surface area (Å²) in [4.78, 5) is 24.8. The monoisotopic (exact) mass is 545 g/mol. The number of hydrogen-bond acceptors (Lipinski definition) is 6. The molecule has 188 valence electrons. The second kappa shape index (κ2) is 12.2. The van der Waals surface area contributed by atoms with Gasteiger partial charge in [-0.05, 0) is 66.9 Å². The zero-order valence-electron chi connectivity index (χ0n) is 21.1. The van der Waals surface area contributed by atoms with Gasteiger partial charge in [-0.3, -0.25) is 11.6 Å². The first-order valence-electron chi connectivity index (χ1n) is 11.8. The fourth-order valence-corrected chi connectivity index (χ4v) is 5.83. The number of amides is 1. The topological polar surface area (TPSA) is 98.3 Å². The number of benzene rings is 2. The molecule has 1 heterocycles. The number of halogens is 1. The Hall–Kier alpha value is -2.00. The van der Waals surface area contributed by atoms with Crippen LogP contribution in [-0.2, 0) is 14.9 Å². The van der Waals surface area contributed by atoms with Crippen LogP contribution in [0.1, 0.15) is 50.3 Å². The van der Waals surface area contributed by atoms with Gasteiger partial charge in [-0.2, -0.15) is 4.37 Å². The number of allylic oxidation sites excluding steroid dienone is 1. The average molecular weight is 546 g/mol. The quantitative estimate of drug-likeness (QED) is 0.351. The molecule has 2 N–H and O–H groups in total. The van der Waals surface area contributed by atoms with Crippen LogP contribution in [-0.4, -0.2) is 28.3 Å². The molecule has 0 saturated heterocycles. The Morgan fingerprint density at radius 1 is 1.08 bits per heavy atom. The smallest absolute Gasteiger partial charge is 0.870 e. The molecule has 1 atom stereocenters. The molecule has 2 aromatic carbocycles. The Morgan fingerprint density at radius 3 is 2.22 bits per heavy atom. The van der Waals surface area contributed by atoms with Crippen LogP contribution < -0.4 is 34.9 Å². The van der Waals surface area contributed by atoms with Gasteiger partial charge >= 0.3 is 35.7 Å². The predicted octanol–water partition coefficient (Wildman–Crippen LogP) is 4.37. The Kier molecular flexibility index (Phi) is 9.78. The minimum atomic E-state index is -0.511. The van der Waals surface area contributed by atoms with Gasteiger partial charge in [-0.25, -0.2) is 4.79 Å². The molecule has 2 aliphatic carbocycles. The molecule has 0 bridgehead atoms. The molecule has 37 heavy (non-hydrogen) atoms. The van der Waals surface area contributed by atoms with Crippen LogP contribution in [0.25, 0.3) is 21.6 Å². The van der Waals surface area contributed by atoms with Gasteiger partial charge in [0.15, 0.2) is 0 Å². The van der Waals surface area contributed by atoms with Crippen molar-refractivity contribution in [2.24, 2.45) is 0 Å². The minimum Gasteiger partial charge on any atom is -0.870 e. The van der Waals surface area contributed by atoms with E-state index >= 15 is 0 Å². The number of carbonyl (C=O) groups is 1. The molecule has 3 aromatic rings. The molecule has 2 aliphatic rings. The van der Waals surface area contributed by atoms with Gasteiger partial charge in [-0.15, -0.1) is 5.41 Å². The van der Waals surface area contributed by atoms with Crippen molar-refractivity contribution in [3.8, 4) is 21.6 Å². The summed E-state index contributed by atoms with van der Waals surface area (Å²) < 4.78 is 10.1. The van der Waals surface area contributed by atoms with E-state index in [0.29, 0.717) is 5.69 Å². The Morgan fingerprint density at radius 2 is 1.68 bits per heavy atom. The number of hydrogen-bond donors (Lipinski definition) is 1. The van der Waals surface area contributed by atoms with Crippen molar-refractivity contribution in [1.82, 2.24) is 4.37 Å². The largest absolute Gasteiger partial charge is 1.00 e. The van der Waals surface area contributed by atoms with Crippen molar-refractivity contribution in [1.29, 1.82) is 0 Å². The van der Waals surface area contributed by atoms with Gasteiger partial charge in [0.2, 0.25) is 0 Å². The van der Waals surface area contributed by atoms with E-state index in [4.69, 9.17) is 16.3 Å². The average Bonchev–Trinajstić information content (AvgIpc) is 3.43. The number of anilines is 1. The van der Waals surface area contributed by atoms with Gasteiger partial charge in [0, 0.05) is 5.03 Å². The molecular weight excluding hydrogens is 519 g/mol. The van der Waals surface area contributed by atoms with Crippen molar-refractivity contribution in [3.05, 3.63) is 70.4 Å². The molecule has 1 fully saturated rings. The molecule has 0 unspecified atom stereocenters. The molecule has 0 radical (unpaired) electrons. The molecule has 9 heteroatoms. The molecule has 6 nitrogen and oxygen atoms in total. The number of carbonyl (C=O) groups excluding carboxylic acids is 2. The molecule has 1 amide bonds. The Labute approximate surface area is 248 Å². The van der Waals surface area contributed by atoms with E-state index in [0.717, 1.165) is 75.5 Å². The summed E-state index contributed by atoms with van der Waals surface area (Å²) in [7, 11) is 0. The van der Waals surface area contributed by atoms with E-state index < -0.39 is 6.09 Å². The van der Waals surface area contributed by atoms with Crippen molar-refractivity contribution in [3.63, 3.8) is 0 Å². The van der Waals surface area contributed by atoms with Crippen LogP contribution in [0.15, 0.2) is 59.1 Å². The second-order valence-corrected chi connectivity index (χ2v) is 10.5. The maximum Gasteiger partial charge on any atom is 1.00 e. The summed E-state index contributed by atoms with van der Waals surface area (Å²) in [6.45, 7) is 3.73. The summed E-state index contributed by atoms with van der Waals surface area (Å²) in [5.41, 5.74) is 6.19. The minimum absolute atomic E-state index is 0. The summed E-state index contributed by atoms with van der Waals surface area (Å²) in [5.74, 6) is 0. The zero-order chi connectivity index (χ0) is 24.6. The van der Waals surface area contributed by atoms with Gasteiger partial charge in [0.1, 0.15) is 6.10 Å². The van der Waals surface area contributed by atoms with Crippen LogP contribution in [0.5, 0.6) is 0 Å². The normalized spacial score (nSPS) is 16.3. The third-order valence-electron chi connectivity index (χ3n) is 6.92. The van der Waals surface area contributed by atoms with E-state index in [-0.39, 0.29) is 46.6 Å². The summed E-state index contributed by atoms with van der Waals surface area (Å²) >= 11 is 7.61. The maximum atomic E-state index is 12.6. The number of nitrogens with zero attached hydrogens (tertiary/aromatic N) is 1. The van der Waals surface area contributed by atoms with Crippen molar-refractivity contribution >= 4 is 41.2 Å². The van der Waals surface area contributed by atoms with E-state index in [1.165, 1.54) is 11.5 Å². The number of ether oxygens (including phenoxy) is 1. The molecule has 0 aliphatic heterocycles. The Bertz CT molecular complexity index is 1300. The van der Waals surface area contributed by atoms with E-state index in [9.17, 15) is 9.59 Å². The first-order valence-corrected chi connectivity index (χ1v) is 13.0. The summed E-state index contributed by atoms with van der Waals surface area (Å²) in [5, 5.41) is 3.70. The van der Waals surface area contributed by atoms with Crippen LogP contribution in [0.3, 0.4) is 0 Å². The van der Waals surface area contributed by atoms with E-state index in [1.807, 2.05) is 38.1 Å². The van der Waals surface area contributed by atoms with Gasteiger partial charge in [0.05, 0.1) is 16.3 Å². The third-order valence-corrected chi connectivity index (χ3v) is 8.34. The predicted molar refractivity (Wildman–Crippen MR) is 143 cm³/mol. The van der Waals surface area contributed by atoms with Crippen molar-refractivity contribution in [2.45, 2.75) is 57.5 Å². The second-order valence-electron chi connectivity index (χ2n) is 9.27. The fourth-order valence-electron chi connectivity index (χ4n) is 4.60. The van der Waals surface area contributed by atoms with E-state index in [2.05, 4.69) is 40.2 Å². The Balaban J connectivity index is 0.00000190. The van der Waals surface area contributed by atoms with Gasteiger partial charge in [-0.1, -0.05) is 78.5 Å². The molecule has 1 aromatic heterocycles. The summed E-state index contributed by atoms with van der Waals surface area (Å²) in [6.07, 6.45) is 5.81. The zero-order valence-corrected chi connectivity index (χ0v) is 24.7. The third kappa shape index (κ3) is 6.19. The van der Waals surface area contributed by atoms with Crippen LogP contribution in [0.4, 0.5) is 10.5 Å². The standard InChI is InChI=1S/C28H26ClN2O3S.Na.H2O/c1-17-25(30-27(33)34-18(2)23-4-3-5-24(23)29)26(35-31-17)21-8-6-19(7-9-21)20-10-12-22(13-11-20)28(16-32)14-15-28;;/h6-13,18H,3-5,14-15H2,1-2H3,(H,30,33);;1H2/q-1;+1;/p-1/t18-;;/m1../s1. The maximum absolute atomic E-state index is 12.6. The number of aromatic nitrogens is 1. The number of nitrogens with one attached hydrogen (secondary N) is 1. The number of rotatable bonds is 7. The molecule has 1 saturated carbocycles. The van der Waals surface area contributed by atoms with Gasteiger partial charge in [0.25, 0.3) is 0 Å². The van der Waals surface area contributed by atoms with Crippen LogP contribution in [0.2, 0.25) is 0 Å². The first-order chi connectivity index (χ1) is 16.9. The van der Waals surface area contributed by atoms with E-state index in [1.54, 1.807) is 0 Å². The fraction of sp³-hybridized carbons (Fsp3) is 0.321. The first kappa shape index (κ1) is 29.6. The van der Waals surface area contributed by atoms with Crippen LogP contribution in [0, 0.1) is 6.92 Å². The van der Waals surface area contributed by atoms with Crippen LogP contribution >= 0.6 is 23.1 Å².